The van der Waals surface area contributed by atoms with Gasteiger partial charge in [-0.25, -0.2) is 5.90 Å². The molecule has 62 valence electrons. The molecule has 0 aliphatic carbocycles. The van der Waals surface area contributed by atoms with E-state index in [1.807, 2.05) is 0 Å². The van der Waals surface area contributed by atoms with Crippen molar-refractivity contribution in [2.75, 3.05) is 6.61 Å². The monoisotopic (exact) mass is 235 g/mol. The van der Waals surface area contributed by atoms with Crippen molar-refractivity contribution in [3.63, 3.8) is 0 Å². The molecule has 0 radical (unpaired) electrons. The Morgan fingerprint density at radius 2 is 2.45 bits per heavy atom. The zero-order valence-electron chi connectivity index (χ0n) is 6.26. The number of nitrogens with two attached hydrogens (primary N) is 1. The smallest absolute Gasteiger partial charge is 0.0727 e. The van der Waals surface area contributed by atoms with Crippen LogP contribution in [-0.2, 0) is 11.3 Å². The van der Waals surface area contributed by atoms with Gasteiger partial charge in [0, 0.05) is 15.8 Å². The quantitative estimate of drug-likeness (QED) is 0.817. The Balaban J connectivity index is 2.63. The van der Waals surface area contributed by atoms with Crippen molar-refractivity contribution in [3.8, 4) is 0 Å². The van der Waals surface area contributed by atoms with Crippen molar-refractivity contribution >= 4 is 27.3 Å². The average Bonchev–Trinajstić information content (AvgIpc) is 2.31. The lowest BCUT2D eigenvalue weighted by atomic mass is 10.3. The molecule has 0 bridgehead atoms. The molecule has 0 saturated heterocycles. The summed E-state index contributed by atoms with van der Waals surface area (Å²) < 4.78 is 1.19. The van der Waals surface area contributed by atoms with Gasteiger partial charge in [0.1, 0.15) is 0 Å². The highest BCUT2D eigenvalue weighted by Crippen LogP contribution is 2.27. The van der Waals surface area contributed by atoms with Crippen LogP contribution in [0.5, 0.6) is 0 Å². The lowest BCUT2D eigenvalue weighted by Gasteiger charge is -1.96. The van der Waals surface area contributed by atoms with E-state index in [1.165, 1.54) is 14.9 Å². The minimum Gasteiger partial charge on any atom is -0.304 e. The molecule has 11 heavy (non-hydrogen) atoms. The van der Waals surface area contributed by atoms with Gasteiger partial charge in [0.15, 0.2) is 0 Å². The molecule has 0 aromatic carbocycles. The molecule has 1 heterocycles. The summed E-state index contributed by atoms with van der Waals surface area (Å²) >= 11 is 5.23. The first-order valence-electron chi connectivity index (χ1n) is 3.30. The first kappa shape index (κ1) is 9.19. The molecule has 2 nitrogen and oxygen atoms in total. The minimum atomic E-state index is 0.582. The highest BCUT2D eigenvalue weighted by molar-refractivity contribution is 9.10. The Hall–Kier alpha value is 0.100. The van der Waals surface area contributed by atoms with Crippen LogP contribution < -0.4 is 5.90 Å². The van der Waals surface area contributed by atoms with Gasteiger partial charge in [-0.15, -0.1) is 11.3 Å². The first-order valence-corrected chi connectivity index (χ1v) is 4.97. The highest BCUT2D eigenvalue weighted by atomic mass is 79.9. The minimum absolute atomic E-state index is 0.582. The molecule has 2 N–H and O–H groups in total. The molecule has 0 amide bonds. The van der Waals surface area contributed by atoms with Crippen molar-refractivity contribution in [2.24, 2.45) is 5.90 Å². The maximum Gasteiger partial charge on any atom is 0.0727 e. The first-order chi connectivity index (χ1) is 5.25. The van der Waals surface area contributed by atoms with E-state index in [9.17, 15) is 0 Å². The second-order valence-electron chi connectivity index (χ2n) is 2.28. The molecule has 0 atom stereocenters. The van der Waals surface area contributed by atoms with Gasteiger partial charge in [0.25, 0.3) is 0 Å². The summed E-state index contributed by atoms with van der Waals surface area (Å²) in [5.41, 5.74) is 1.28. The molecule has 0 spiro atoms. The summed E-state index contributed by atoms with van der Waals surface area (Å²) in [5, 5.41) is 2.12. The lowest BCUT2D eigenvalue weighted by Crippen LogP contribution is -2.02. The van der Waals surface area contributed by atoms with Crippen LogP contribution in [0.4, 0.5) is 0 Å². The number of halogens is 1. The third-order valence-corrected chi connectivity index (χ3v) is 3.95. The lowest BCUT2D eigenvalue weighted by molar-refractivity contribution is 0.141. The van der Waals surface area contributed by atoms with E-state index in [0.29, 0.717) is 6.61 Å². The van der Waals surface area contributed by atoms with Crippen molar-refractivity contribution in [1.82, 2.24) is 0 Å². The van der Waals surface area contributed by atoms with Crippen molar-refractivity contribution in [1.29, 1.82) is 0 Å². The fourth-order valence-corrected chi connectivity index (χ4v) is 2.45. The summed E-state index contributed by atoms with van der Waals surface area (Å²) in [4.78, 5) is 5.79. The van der Waals surface area contributed by atoms with E-state index in [2.05, 4.69) is 33.1 Å². The third kappa shape index (κ3) is 2.27. The van der Waals surface area contributed by atoms with Crippen LogP contribution in [0, 0.1) is 6.92 Å². The molecule has 4 heteroatoms. The SMILES string of the molecule is Cc1csc(CCON)c1Br. The zero-order chi connectivity index (χ0) is 8.27. The number of thiophene rings is 1. The predicted octanol–water partition coefficient (Wildman–Crippen LogP) is 2.25. The largest absolute Gasteiger partial charge is 0.304 e. The molecule has 1 aromatic rings. The molecule has 1 rings (SSSR count). The van der Waals surface area contributed by atoms with E-state index in [4.69, 9.17) is 5.90 Å². The summed E-state index contributed by atoms with van der Waals surface area (Å²) in [7, 11) is 0. The Bertz CT molecular complexity index is 236. The Morgan fingerprint density at radius 3 is 2.91 bits per heavy atom. The summed E-state index contributed by atoms with van der Waals surface area (Å²) in [6, 6.07) is 0. The summed E-state index contributed by atoms with van der Waals surface area (Å²) in [5.74, 6) is 4.92. The fraction of sp³-hybridized carbons (Fsp3) is 0.429. The number of rotatable bonds is 3. The van der Waals surface area contributed by atoms with Crippen molar-refractivity contribution < 1.29 is 4.84 Å². The van der Waals surface area contributed by atoms with E-state index in [1.54, 1.807) is 11.3 Å². The Kier molecular flexibility index (Phi) is 3.51. The van der Waals surface area contributed by atoms with Crippen LogP contribution in [-0.4, -0.2) is 6.61 Å². The molecule has 0 saturated carbocycles. The molecular weight excluding hydrogens is 226 g/mol. The molecule has 0 fully saturated rings. The highest BCUT2D eigenvalue weighted by Gasteiger charge is 2.04. The molecule has 0 aliphatic heterocycles. The number of hydrogen-bond donors (Lipinski definition) is 1. The van der Waals surface area contributed by atoms with Gasteiger partial charge < -0.3 is 4.84 Å². The van der Waals surface area contributed by atoms with Gasteiger partial charge in [-0.1, -0.05) is 0 Å². The predicted molar refractivity (Wildman–Crippen MR) is 50.6 cm³/mol. The van der Waals surface area contributed by atoms with Crippen LogP contribution in [0.3, 0.4) is 0 Å². The fourth-order valence-electron chi connectivity index (χ4n) is 0.803. The Morgan fingerprint density at radius 1 is 1.73 bits per heavy atom. The van der Waals surface area contributed by atoms with Gasteiger partial charge in [-0.2, -0.15) is 0 Å². The second kappa shape index (κ2) is 4.21. The second-order valence-corrected chi connectivity index (χ2v) is 4.03. The van der Waals surface area contributed by atoms with Crippen LogP contribution in [0.2, 0.25) is 0 Å². The van der Waals surface area contributed by atoms with E-state index < -0.39 is 0 Å². The van der Waals surface area contributed by atoms with Gasteiger partial charge >= 0.3 is 0 Å². The number of aryl methyl sites for hydroxylation is 1. The zero-order valence-corrected chi connectivity index (χ0v) is 8.67. The number of hydrogen-bond acceptors (Lipinski definition) is 3. The standard InChI is InChI=1S/C7H10BrNOS/c1-5-4-11-6(7(5)8)2-3-10-9/h4H,2-3,9H2,1H3. The Labute approximate surface area is 78.4 Å². The van der Waals surface area contributed by atoms with Crippen LogP contribution >= 0.6 is 27.3 Å². The van der Waals surface area contributed by atoms with E-state index in [-0.39, 0.29) is 0 Å². The van der Waals surface area contributed by atoms with Crippen LogP contribution in [0.1, 0.15) is 10.4 Å². The normalized spacial score (nSPS) is 10.5. The van der Waals surface area contributed by atoms with Gasteiger partial charge in [0.05, 0.1) is 6.61 Å². The maximum absolute atomic E-state index is 4.92. The van der Waals surface area contributed by atoms with Crippen molar-refractivity contribution in [3.05, 3.63) is 20.3 Å². The topological polar surface area (TPSA) is 35.2 Å². The van der Waals surface area contributed by atoms with E-state index in [0.717, 1.165) is 6.42 Å². The average molecular weight is 236 g/mol. The van der Waals surface area contributed by atoms with Crippen LogP contribution in [0.25, 0.3) is 0 Å². The molecule has 0 aliphatic rings. The summed E-state index contributed by atoms with van der Waals surface area (Å²) in [6.07, 6.45) is 0.885. The van der Waals surface area contributed by atoms with Crippen LogP contribution in [0.15, 0.2) is 9.85 Å². The van der Waals surface area contributed by atoms with Gasteiger partial charge in [0.2, 0.25) is 0 Å². The molecule has 1 aromatic heterocycles. The van der Waals surface area contributed by atoms with E-state index >= 15 is 0 Å². The van der Waals surface area contributed by atoms with Crippen molar-refractivity contribution in [2.45, 2.75) is 13.3 Å². The maximum atomic E-state index is 4.92. The summed E-state index contributed by atoms with van der Waals surface area (Å²) in [6.45, 7) is 2.66. The van der Waals surface area contributed by atoms with Gasteiger partial charge in [-0.3, -0.25) is 0 Å². The molecule has 0 unspecified atom stereocenters. The van der Waals surface area contributed by atoms with Gasteiger partial charge in [-0.05, 0) is 33.8 Å². The third-order valence-electron chi connectivity index (χ3n) is 1.42. The molecular formula is C7H10BrNOS.